The van der Waals surface area contributed by atoms with Gasteiger partial charge in [-0.1, -0.05) is 30.3 Å². The van der Waals surface area contributed by atoms with Crippen LogP contribution < -0.4 is 15.1 Å². The Morgan fingerprint density at radius 3 is 2.43 bits per heavy atom. The Kier molecular flexibility index (Phi) is 4.85. The van der Waals surface area contributed by atoms with Gasteiger partial charge in [0.05, 0.1) is 30.2 Å². The standard InChI is InChI=1S/C25H20O5/c26-24-10-9-20-23(30-24)16-22-21(11-14-28-22)25(20)29-13-4-3-12-27-19-8-7-17-5-1-2-6-18(17)15-19/h1-2,5-11,14-16H,3-4,12-13H2. The summed E-state index contributed by atoms with van der Waals surface area (Å²) in [5, 5.41) is 4.00. The highest BCUT2D eigenvalue weighted by atomic mass is 16.5. The molecule has 5 rings (SSSR count). The fraction of sp³-hybridized carbons (Fsp3) is 0.160. The summed E-state index contributed by atoms with van der Waals surface area (Å²) in [5.74, 6) is 1.55. The number of hydrogen-bond acceptors (Lipinski definition) is 5. The second-order valence-corrected chi connectivity index (χ2v) is 7.12. The van der Waals surface area contributed by atoms with Gasteiger partial charge in [0, 0.05) is 12.1 Å². The van der Waals surface area contributed by atoms with Gasteiger partial charge in [-0.25, -0.2) is 4.79 Å². The Hall–Kier alpha value is -3.73. The number of ether oxygens (including phenoxy) is 2. The molecule has 0 radical (unpaired) electrons. The van der Waals surface area contributed by atoms with Crippen molar-refractivity contribution in [3.05, 3.63) is 83.4 Å². The smallest absolute Gasteiger partial charge is 0.336 e. The van der Waals surface area contributed by atoms with E-state index in [4.69, 9.17) is 18.3 Å². The van der Waals surface area contributed by atoms with Crippen LogP contribution in [0.2, 0.25) is 0 Å². The molecule has 0 spiro atoms. The lowest BCUT2D eigenvalue weighted by Gasteiger charge is -2.11. The van der Waals surface area contributed by atoms with Gasteiger partial charge in [-0.2, -0.15) is 0 Å². The van der Waals surface area contributed by atoms with Gasteiger partial charge in [-0.3, -0.25) is 0 Å². The number of hydrogen-bond donors (Lipinski definition) is 0. The molecule has 2 heterocycles. The van der Waals surface area contributed by atoms with E-state index in [1.165, 1.54) is 16.8 Å². The van der Waals surface area contributed by atoms with Crippen LogP contribution in [0.25, 0.3) is 32.7 Å². The van der Waals surface area contributed by atoms with Gasteiger partial charge in [0.15, 0.2) is 0 Å². The van der Waals surface area contributed by atoms with Crippen LogP contribution in [0.3, 0.4) is 0 Å². The molecule has 0 atom stereocenters. The minimum atomic E-state index is -0.398. The van der Waals surface area contributed by atoms with E-state index < -0.39 is 5.63 Å². The number of furan rings is 1. The number of unbranched alkanes of at least 4 members (excludes halogenated alkanes) is 1. The largest absolute Gasteiger partial charge is 0.494 e. The van der Waals surface area contributed by atoms with E-state index in [1.807, 2.05) is 24.3 Å². The molecule has 0 saturated carbocycles. The molecule has 0 saturated heterocycles. The summed E-state index contributed by atoms with van der Waals surface area (Å²) in [7, 11) is 0. The van der Waals surface area contributed by atoms with Crippen LogP contribution in [0.4, 0.5) is 0 Å². The van der Waals surface area contributed by atoms with Crippen molar-refractivity contribution in [3.63, 3.8) is 0 Å². The third kappa shape index (κ3) is 3.62. The van der Waals surface area contributed by atoms with Crippen LogP contribution in [-0.2, 0) is 0 Å². The normalized spacial score (nSPS) is 11.3. The molecule has 5 aromatic rings. The highest BCUT2D eigenvalue weighted by Gasteiger charge is 2.13. The molecule has 0 amide bonds. The minimum absolute atomic E-state index is 0.398. The van der Waals surface area contributed by atoms with E-state index in [9.17, 15) is 4.79 Å². The van der Waals surface area contributed by atoms with Gasteiger partial charge < -0.3 is 18.3 Å². The third-order valence-electron chi connectivity index (χ3n) is 5.08. The molecule has 30 heavy (non-hydrogen) atoms. The van der Waals surface area contributed by atoms with Gasteiger partial charge in [0.25, 0.3) is 0 Å². The average molecular weight is 400 g/mol. The van der Waals surface area contributed by atoms with Gasteiger partial charge in [0.2, 0.25) is 0 Å². The molecule has 0 aliphatic carbocycles. The van der Waals surface area contributed by atoms with Crippen LogP contribution in [-0.4, -0.2) is 13.2 Å². The molecule has 3 aromatic carbocycles. The van der Waals surface area contributed by atoms with Crippen LogP contribution in [0.1, 0.15) is 12.8 Å². The summed E-state index contributed by atoms with van der Waals surface area (Å²) in [4.78, 5) is 11.5. The molecule has 2 aromatic heterocycles. The van der Waals surface area contributed by atoms with Crippen LogP contribution in [0.5, 0.6) is 11.5 Å². The first kappa shape index (κ1) is 18.3. The first-order valence-corrected chi connectivity index (χ1v) is 9.96. The molecule has 0 aliphatic heterocycles. The fourth-order valence-corrected chi connectivity index (χ4v) is 3.59. The Labute approximate surface area is 172 Å². The predicted molar refractivity (Wildman–Crippen MR) is 116 cm³/mol. The molecule has 5 nitrogen and oxygen atoms in total. The van der Waals surface area contributed by atoms with E-state index in [2.05, 4.69) is 24.3 Å². The first-order chi connectivity index (χ1) is 14.8. The molecule has 0 fully saturated rings. The summed E-state index contributed by atoms with van der Waals surface area (Å²) >= 11 is 0. The molecular weight excluding hydrogens is 380 g/mol. The summed E-state index contributed by atoms with van der Waals surface area (Å²) in [6, 6.07) is 21.1. The molecule has 0 unspecified atom stereocenters. The van der Waals surface area contributed by atoms with Crippen molar-refractivity contribution in [1.82, 2.24) is 0 Å². The van der Waals surface area contributed by atoms with Crippen molar-refractivity contribution < 1.29 is 18.3 Å². The van der Waals surface area contributed by atoms with Crippen molar-refractivity contribution >= 4 is 32.7 Å². The lowest BCUT2D eigenvalue weighted by atomic mass is 10.1. The van der Waals surface area contributed by atoms with E-state index in [0.29, 0.717) is 30.1 Å². The molecule has 5 heteroatoms. The van der Waals surface area contributed by atoms with Gasteiger partial charge in [0.1, 0.15) is 22.7 Å². The number of fused-ring (bicyclic) bond motifs is 3. The monoisotopic (exact) mass is 400 g/mol. The summed E-state index contributed by atoms with van der Waals surface area (Å²) in [5.41, 5.74) is 0.691. The van der Waals surface area contributed by atoms with E-state index in [-0.39, 0.29) is 0 Å². The second-order valence-electron chi connectivity index (χ2n) is 7.12. The van der Waals surface area contributed by atoms with Crippen LogP contribution >= 0.6 is 0 Å². The zero-order valence-corrected chi connectivity index (χ0v) is 16.3. The topological polar surface area (TPSA) is 61.8 Å². The van der Waals surface area contributed by atoms with E-state index >= 15 is 0 Å². The Balaban J connectivity index is 1.21. The maximum Gasteiger partial charge on any atom is 0.336 e. The summed E-state index contributed by atoms with van der Waals surface area (Å²) < 4.78 is 22.7. The molecule has 0 N–H and O–H groups in total. The highest BCUT2D eigenvalue weighted by Crippen LogP contribution is 2.35. The summed E-state index contributed by atoms with van der Waals surface area (Å²) in [6.07, 6.45) is 3.30. The van der Waals surface area contributed by atoms with Crippen molar-refractivity contribution in [1.29, 1.82) is 0 Å². The van der Waals surface area contributed by atoms with Crippen LogP contribution in [0.15, 0.2) is 86.6 Å². The lowest BCUT2D eigenvalue weighted by molar-refractivity contribution is 0.269. The Bertz CT molecular complexity index is 1380. The van der Waals surface area contributed by atoms with E-state index in [1.54, 1.807) is 18.4 Å². The third-order valence-corrected chi connectivity index (χ3v) is 5.08. The number of rotatable bonds is 7. The van der Waals surface area contributed by atoms with Crippen molar-refractivity contribution in [2.45, 2.75) is 12.8 Å². The quantitative estimate of drug-likeness (QED) is 0.250. The first-order valence-electron chi connectivity index (χ1n) is 9.96. The summed E-state index contributed by atoms with van der Waals surface area (Å²) in [6.45, 7) is 1.15. The van der Waals surface area contributed by atoms with Crippen molar-refractivity contribution in [2.75, 3.05) is 13.2 Å². The highest BCUT2D eigenvalue weighted by molar-refractivity contribution is 6.01. The Morgan fingerprint density at radius 1 is 0.733 bits per heavy atom. The predicted octanol–water partition coefficient (Wildman–Crippen LogP) is 5.93. The molecule has 0 aliphatic rings. The zero-order valence-electron chi connectivity index (χ0n) is 16.3. The second kappa shape index (κ2) is 7.95. The SMILES string of the molecule is O=c1ccc2c(OCCCCOc3ccc4ccccc4c3)c3ccoc3cc2o1. The molecule has 0 bridgehead atoms. The Morgan fingerprint density at radius 2 is 1.53 bits per heavy atom. The van der Waals surface area contributed by atoms with Gasteiger partial charge in [-0.05, 0) is 47.9 Å². The lowest BCUT2D eigenvalue weighted by Crippen LogP contribution is -2.03. The molecule has 150 valence electrons. The maximum atomic E-state index is 11.5. The zero-order chi connectivity index (χ0) is 20.3. The minimum Gasteiger partial charge on any atom is -0.494 e. The average Bonchev–Trinajstić information content (AvgIpc) is 3.23. The molecular formula is C25H20O5. The van der Waals surface area contributed by atoms with Gasteiger partial charge >= 0.3 is 5.63 Å². The number of benzene rings is 3. The maximum absolute atomic E-state index is 11.5. The van der Waals surface area contributed by atoms with Crippen molar-refractivity contribution in [2.24, 2.45) is 0 Å². The fourth-order valence-electron chi connectivity index (χ4n) is 3.59. The van der Waals surface area contributed by atoms with Crippen molar-refractivity contribution in [3.8, 4) is 11.5 Å². The van der Waals surface area contributed by atoms with Crippen LogP contribution in [0, 0.1) is 0 Å². The van der Waals surface area contributed by atoms with Gasteiger partial charge in [-0.15, -0.1) is 0 Å². The van der Waals surface area contributed by atoms with E-state index in [0.717, 1.165) is 29.4 Å².